The van der Waals surface area contributed by atoms with Crippen LogP contribution >= 0.6 is 0 Å². The van der Waals surface area contributed by atoms with Crippen LogP contribution in [0.2, 0.25) is 0 Å². The molecule has 5 rings (SSSR count). The summed E-state index contributed by atoms with van der Waals surface area (Å²) in [6, 6.07) is 3.64. The number of hydrogen-bond donors (Lipinski definition) is 1. The summed E-state index contributed by atoms with van der Waals surface area (Å²) in [6.45, 7) is 6.24. The lowest BCUT2D eigenvalue weighted by atomic mass is 9.74. The fourth-order valence-electron chi connectivity index (χ4n) is 4.41. The number of hydrogen-bond acceptors (Lipinski definition) is 6. The Labute approximate surface area is 174 Å². The van der Waals surface area contributed by atoms with Crippen molar-refractivity contribution in [3.8, 4) is 11.8 Å². The molecule has 1 saturated heterocycles. The van der Waals surface area contributed by atoms with Gasteiger partial charge in [-0.2, -0.15) is 0 Å². The third-order valence-corrected chi connectivity index (χ3v) is 6.66. The molecule has 2 aromatic rings. The molecule has 1 aliphatic carbocycles. The summed E-state index contributed by atoms with van der Waals surface area (Å²) in [4.78, 5) is 34.5. The maximum atomic E-state index is 12.7. The minimum Gasteiger partial charge on any atom is -0.424 e. The number of aromatic nitrogens is 2. The van der Waals surface area contributed by atoms with Crippen LogP contribution in [0.15, 0.2) is 24.5 Å². The molecule has 2 fully saturated rings. The van der Waals surface area contributed by atoms with Crippen molar-refractivity contribution in [1.29, 1.82) is 0 Å². The van der Waals surface area contributed by atoms with Crippen LogP contribution in [0.4, 0.5) is 10.5 Å². The highest BCUT2D eigenvalue weighted by Crippen LogP contribution is 2.54. The van der Waals surface area contributed by atoms with Crippen LogP contribution in [-0.2, 0) is 21.7 Å². The first-order valence-corrected chi connectivity index (χ1v) is 10.3. The van der Waals surface area contributed by atoms with Crippen molar-refractivity contribution in [2.75, 3.05) is 4.90 Å². The van der Waals surface area contributed by atoms with E-state index in [4.69, 9.17) is 9.47 Å². The van der Waals surface area contributed by atoms with Crippen molar-refractivity contribution < 1.29 is 19.1 Å². The lowest BCUT2D eigenvalue weighted by Gasteiger charge is -2.38. The summed E-state index contributed by atoms with van der Waals surface area (Å²) in [6.07, 6.45) is 6.49. The Bertz CT molecular complexity index is 1050. The van der Waals surface area contributed by atoms with Gasteiger partial charge in [0.1, 0.15) is 11.3 Å². The Hall–Kier alpha value is -3.00. The highest BCUT2D eigenvalue weighted by atomic mass is 16.5. The Morgan fingerprint density at radius 2 is 1.97 bits per heavy atom. The first-order chi connectivity index (χ1) is 14.4. The molecule has 156 valence electrons. The molecule has 1 atom stereocenters. The number of carbonyl (C=O) groups is 2. The van der Waals surface area contributed by atoms with Gasteiger partial charge in [0.05, 0.1) is 30.3 Å². The minimum atomic E-state index is -0.911. The second kappa shape index (κ2) is 6.50. The zero-order valence-electron chi connectivity index (χ0n) is 17.3. The van der Waals surface area contributed by atoms with Crippen molar-refractivity contribution in [3.05, 3.63) is 41.2 Å². The molecule has 8 heteroatoms. The highest BCUT2D eigenvalue weighted by Gasteiger charge is 2.49. The Kier molecular flexibility index (Phi) is 4.12. The quantitative estimate of drug-likeness (QED) is 0.775. The number of urea groups is 1. The number of fused-ring (bicyclic) bond motifs is 2. The largest absolute Gasteiger partial charge is 0.424 e. The van der Waals surface area contributed by atoms with Crippen LogP contribution in [0.3, 0.4) is 0 Å². The standard InChI is InChI=1S/C22H24N4O4/c1-4-21(3)18(27)26(20(28)25-21)14-10-23-19(24-11-14)30-16-7-6-13(2)15-12-29-22(17(15)16)8-5-9-22/h6-7,10-11H,4-5,8-9,12H2,1-3H3,(H,25,28)/t21-/m1/s1. The number of imide groups is 1. The first kappa shape index (κ1) is 19.0. The van der Waals surface area contributed by atoms with Crippen LogP contribution in [0.5, 0.6) is 11.8 Å². The molecule has 0 unspecified atom stereocenters. The van der Waals surface area contributed by atoms with E-state index in [1.54, 1.807) is 6.92 Å². The number of anilines is 1. The molecule has 1 N–H and O–H groups in total. The van der Waals surface area contributed by atoms with Gasteiger partial charge < -0.3 is 14.8 Å². The van der Waals surface area contributed by atoms with E-state index < -0.39 is 11.6 Å². The Morgan fingerprint density at radius 1 is 1.23 bits per heavy atom. The zero-order valence-corrected chi connectivity index (χ0v) is 17.3. The second-order valence-corrected chi connectivity index (χ2v) is 8.45. The number of nitrogens with one attached hydrogen (secondary N) is 1. The van der Waals surface area contributed by atoms with Crippen LogP contribution in [0, 0.1) is 6.92 Å². The lowest BCUT2D eigenvalue weighted by molar-refractivity contribution is -0.121. The van der Waals surface area contributed by atoms with E-state index in [-0.39, 0.29) is 17.5 Å². The molecule has 3 heterocycles. The maximum absolute atomic E-state index is 12.7. The van der Waals surface area contributed by atoms with Gasteiger partial charge in [-0.05, 0) is 56.7 Å². The Balaban J connectivity index is 1.42. The number of ether oxygens (including phenoxy) is 2. The summed E-state index contributed by atoms with van der Waals surface area (Å²) in [7, 11) is 0. The van der Waals surface area contributed by atoms with E-state index in [1.807, 2.05) is 19.1 Å². The molecule has 8 nitrogen and oxygen atoms in total. The molecular formula is C22H24N4O4. The number of carbonyl (C=O) groups excluding carboxylic acids is 2. The second-order valence-electron chi connectivity index (χ2n) is 8.45. The number of nitrogens with zero attached hydrogens (tertiary/aromatic N) is 3. The molecule has 2 aliphatic heterocycles. The molecule has 30 heavy (non-hydrogen) atoms. The van der Waals surface area contributed by atoms with Gasteiger partial charge in [-0.25, -0.2) is 19.7 Å². The van der Waals surface area contributed by atoms with E-state index in [0.29, 0.717) is 24.5 Å². The van der Waals surface area contributed by atoms with Gasteiger partial charge in [0.15, 0.2) is 0 Å². The van der Waals surface area contributed by atoms with Crippen molar-refractivity contribution in [2.24, 2.45) is 0 Å². The third kappa shape index (κ3) is 2.63. The molecule has 1 aromatic heterocycles. The molecule has 0 bridgehead atoms. The van der Waals surface area contributed by atoms with Crippen LogP contribution < -0.4 is 15.0 Å². The average Bonchev–Trinajstić information content (AvgIpc) is 3.22. The van der Waals surface area contributed by atoms with Gasteiger partial charge in [-0.15, -0.1) is 0 Å². The van der Waals surface area contributed by atoms with Crippen molar-refractivity contribution in [3.63, 3.8) is 0 Å². The Morgan fingerprint density at radius 3 is 2.57 bits per heavy atom. The van der Waals surface area contributed by atoms with E-state index >= 15 is 0 Å². The number of aryl methyl sites for hydroxylation is 1. The summed E-state index contributed by atoms with van der Waals surface area (Å²) in [5.41, 5.74) is 2.63. The normalized spacial score (nSPS) is 24.0. The number of amides is 3. The SMILES string of the molecule is CC[C@@]1(C)NC(=O)N(c2cnc(Oc3ccc(C)c4c3C3(CCC3)OC4)nc2)C1=O. The van der Waals surface area contributed by atoms with E-state index in [9.17, 15) is 9.59 Å². The fourth-order valence-corrected chi connectivity index (χ4v) is 4.41. The van der Waals surface area contributed by atoms with E-state index in [0.717, 1.165) is 29.7 Å². The summed E-state index contributed by atoms with van der Waals surface area (Å²) in [5.74, 6) is 0.391. The summed E-state index contributed by atoms with van der Waals surface area (Å²) < 4.78 is 12.2. The third-order valence-electron chi connectivity index (χ3n) is 6.66. The number of benzene rings is 1. The molecular weight excluding hydrogens is 384 g/mol. The first-order valence-electron chi connectivity index (χ1n) is 10.3. The predicted molar refractivity (Wildman–Crippen MR) is 108 cm³/mol. The minimum absolute atomic E-state index is 0.163. The van der Waals surface area contributed by atoms with Crippen LogP contribution in [-0.4, -0.2) is 27.4 Å². The lowest BCUT2D eigenvalue weighted by Crippen LogP contribution is -2.43. The van der Waals surface area contributed by atoms with E-state index in [2.05, 4.69) is 22.2 Å². The maximum Gasteiger partial charge on any atom is 0.329 e. The van der Waals surface area contributed by atoms with Crippen molar-refractivity contribution in [2.45, 2.75) is 64.2 Å². The van der Waals surface area contributed by atoms with Gasteiger partial charge in [0.2, 0.25) is 0 Å². The molecule has 1 saturated carbocycles. The topological polar surface area (TPSA) is 93.7 Å². The van der Waals surface area contributed by atoms with Gasteiger partial charge in [-0.1, -0.05) is 13.0 Å². The smallest absolute Gasteiger partial charge is 0.329 e. The molecule has 1 spiro atoms. The monoisotopic (exact) mass is 408 g/mol. The predicted octanol–water partition coefficient (Wildman–Crippen LogP) is 3.71. The van der Waals surface area contributed by atoms with Gasteiger partial charge in [0, 0.05) is 5.56 Å². The van der Waals surface area contributed by atoms with Gasteiger partial charge >= 0.3 is 12.0 Å². The van der Waals surface area contributed by atoms with Crippen molar-refractivity contribution >= 4 is 17.6 Å². The molecule has 1 aromatic carbocycles. The average molecular weight is 408 g/mol. The van der Waals surface area contributed by atoms with Crippen LogP contribution in [0.1, 0.15) is 56.2 Å². The summed E-state index contributed by atoms with van der Waals surface area (Å²) >= 11 is 0. The molecule has 3 aliphatic rings. The van der Waals surface area contributed by atoms with Gasteiger partial charge in [-0.3, -0.25) is 4.79 Å². The number of rotatable bonds is 4. The van der Waals surface area contributed by atoms with Crippen LogP contribution in [0.25, 0.3) is 0 Å². The zero-order chi connectivity index (χ0) is 21.1. The molecule has 3 amide bonds. The molecule has 0 radical (unpaired) electrons. The summed E-state index contributed by atoms with van der Waals surface area (Å²) in [5, 5.41) is 2.72. The van der Waals surface area contributed by atoms with E-state index in [1.165, 1.54) is 23.5 Å². The fraction of sp³-hybridized carbons (Fsp3) is 0.455. The van der Waals surface area contributed by atoms with Crippen molar-refractivity contribution in [1.82, 2.24) is 15.3 Å². The highest BCUT2D eigenvalue weighted by molar-refractivity contribution is 6.23. The van der Waals surface area contributed by atoms with Gasteiger partial charge in [0.25, 0.3) is 5.91 Å².